The molecule has 134 valence electrons. The van der Waals surface area contributed by atoms with E-state index >= 15 is 0 Å². The predicted molar refractivity (Wildman–Crippen MR) is 100.0 cm³/mol. The molecule has 0 aliphatic heterocycles. The van der Waals surface area contributed by atoms with E-state index < -0.39 is 5.97 Å². The lowest BCUT2D eigenvalue weighted by Crippen LogP contribution is -2.02. The number of carbonyl (C=O) groups is 1. The van der Waals surface area contributed by atoms with E-state index in [0.29, 0.717) is 28.6 Å². The quantitative estimate of drug-likeness (QED) is 0.363. The third-order valence-corrected chi connectivity index (χ3v) is 3.94. The molecular formula is C21H20O5. The molecule has 0 unspecified atom stereocenters. The van der Waals surface area contributed by atoms with Crippen molar-refractivity contribution in [3.63, 3.8) is 0 Å². The number of allylic oxidation sites excluding steroid dienone is 1. The minimum Gasteiger partial charge on any atom is -0.493 e. The van der Waals surface area contributed by atoms with Crippen molar-refractivity contribution in [2.75, 3.05) is 14.2 Å². The Kier molecular flexibility index (Phi) is 4.98. The molecule has 0 aliphatic carbocycles. The van der Waals surface area contributed by atoms with Gasteiger partial charge in [-0.25, -0.2) is 0 Å². The first-order chi connectivity index (χ1) is 12.5. The summed E-state index contributed by atoms with van der Waals surface area (Å²) in [5.41, 5.74) is 2.58. The summed E-state index contributed by atoms with van der Waals surface area (Å²) >= 11 is 0. The van der Waals surface area contributed by atoms with Gasteiger partial charge in [0, 0.05) is 17.9 Å². The van der Waals surface area contributed by atoms with Crippen molar-refractivity contribution in [3.8, 4) is 28.6 Å². The molecule has 3 aromatic rings. The van der Waals surface area contributed by atoms with Crippen LogP contribution in [0.2, 0.25) is 0 Å². The summed E-state index contributed by atoms with van der Waals surface area (Å²) in [4.78, 5) is 11.2. The SMILES string of the molecule is C=CCc1cc(OC)c2oc(-c3ccc(OC(C)=O)c(OC)c3)cc2c1. The van der Waals surface area contributed by atoms with Gasteiger partial charge in [-0.2, -0.15) is 0 Å². The Bertz CT molecular complexity index is 968. The van der Waals surface area contributed by atoms with Gasteiger partial charge in [0.15, 0.2) is 22.8 Å². The monoisotopic (exact) mass is 352 g/mol. The summed E-state index contributed by atoms with van der Waals surface area (Å²) < 4.78 is 21.9. The highest BCUT2D eigenvalue weighted by Gasteiger charge is 2.15. The van der Waals surface area contributed by atoms with Crippen molar-refractivity contribution >= 4 is 16.9 Å². The molecule has 0 fully saturated rings. The topological polar surface area (TPSA) is 57.9 Å². The van der Waals surface area contributed by atoms with Gasteiger partial charge in [0.2, 0.25) is 0 Å². The van der Waals surface area contributed by atoms with Gasteiger partial charge >= 0.3 is 5.97 Å². The third-order valence-electron chi connectivity index (χ3n) is 3.94. The molecule has 1 aromatic heterocycles. The molecule has 0 atom stereocenters. The molecule has 0 N–H and O–H groups in total. The van der Waals surface area contributed by atoms with Crippen LogP contribution in [-0.2, 0) is 11.2 Å². The van der Waals surface area contributed by atoms with Crippen LogP contribution in [0.15, 0.2) is 53.5 Å². The normalized spacial score (nSPS) is 10.6. The van der Waals surface area contributed by atoms with Crippen LogP contribution < -0.4 is 14.2 Å². The van der Waals surface area contributed by atoms with Crippen LogP contribution in [0.25, 0.3) is 22.3 Å². The Morgan fingerprint density at radius 3 is 2.50 bits per heavy atom. The summed E-state index contributed by atoms with van der Waals surface area (Å²) in [6, 6.07) is 11.2. The van der Waals surface area contributed by atoms with Crippen LogP contribution in [0.3, 0.4) is 0 Å². The van der Waals surface area contributed by atoms with Gasteiger partial charge in [-0.3, -0.25) is 4.79 Å². The maximum Gasteiger partial charge on any atom is 0.308 e. The molecule has 0 amide bonds. The molecule has 0 bridgehead atoms. The second kappa shape index (κ2) is 7.35. The van der Waals surface area contributed by atoms with Crippen molar-refractivity contribution in [3.05, 3.63) is 54.6 Å². The first kappa shape index (κ1) is 17.6. The first-order valence-corrected chi connectivity index (χ1v) is 8.14. The molecule has 0 saturated heterocycles. The molecule has 1 heterocycles. The fourth-order valence-corrected chi connectivity index (χ4v) is 2.82. The Hall–Kier alpha value is -3.21. The Morgan fingerprint density at radius 2 is 1.85 bits per heavy atom. The van der Waals surface area contributed by atoms with Crippen LogP contribution in [0.1, 0.15) is 12.5 Å². The molecule has 5 heteroatoms. The minimum absolute atomic E-state index is 0.366. The van der Waals surface area contributed by atoms with Crippen LogP contribution in [0, 0.1) is 0 Å². The average molecular weight is 352 g/mol. The van der Waals surface area contributed by atoms with Gasteiger partial charge in [-0.05, 0) is 48.4 Å². The van der Waals surface area contributed by atoms with Crippen LogP contribution >= 0.6 is 0 Å². The zero-order chi connectivity index (χ0) is 18.7. The second-order valence-electron chi connectivity index (χ2n) is 5.78. The van der Waals surface area contributed by atoms with Crippen molar-refractivity contribution < 1.29 is 23.4 Å². The van der Waals surface area contributed by atoms with Gasteiger partial charge in [0.1, 0.15) is 5.76 Å². The van der Waals surface area contributed by atoms with E-state index in [2.05, 4.69) is 12.6 Å². The zero-order valence-corrected chi connectivity index (χ0v) is 15.0. The molecule has 26 heavy (non-hydrogen) atoms. The fraction of sp³-hybridized carbons (Fsp3) is 0.190. The van der Waals surface area contributed by atoms with Crippen LogP contribution in [0.4, 0.5) is 0 Å². The van der Waals surface area contributed by atoms with E-state index in [1.165, 1.54) is 14.0 Å². The maximum atomic E-state index is 11.2. The van der Waals surface area contributed by atoms with E-state index in [-0.39, 0.29) is 0 Å². The van der Waals surface area contributed by atoms with Crippen molar-refractivity contribution in [1.29, 1.82) is 0 Å². The number of furan rings is 1. The molecule has 5 nitrogen and oxygen atoms in total. The molecule has 2 aromatic carbocycles. The van der Waals surface area contributed by atoms with Gasteiger partial charge in [-0.15, -0.1) is 6.58 Å². The number of esters is 1. The second-order valence-corrected chi connectivity index (χ2v) is 5.78. The number of hydrogen-bond acceptors (Lipinski definition) is 5. The largest absolute Gasteiger partial charge is 0.493 e. The lowest BCUT2D eigenvalue weighted by Gasteiger charge is -2.09. The molecule has 3 rings (SSSR count). The smallest absolute Gasteiger partial charge is 0.308 e. The van der Waals surface area contributed by atoms with Crippen LogP contribution in [-0.4, -0.2) is 20.2 Å². The van der Waals surface area contributed by atoms with Crippen LogP contribution in [0.5, 0.6) is 17.2 Å². The molecule has 0 radical (unpaired) electrons. The first-order valence-electron chi connectivity index (χ1n) is 8.14. The number of ether oxygens (including phenoxy) is 3. The Morgan fingerprint density at radius 1 is 1.08 bits per heavy atom. The number of hydrogen-bond donors (Lipinski definition) is 0. The highest BCUT2D eigenvalue weighted by molar-refractivity contribution is 5.88. The number of fused-ring (bicyclic) bond motifs is 1. The standard InChI is InChI=1S/C21H20O5/c1-5-6-14-9-16-12-18(26-21(16)20(10-14)24-4)15-7-8-17(25-13(2)22)19(11-15)23-3/h5,7-12H,1,6H2,2-4H3. The van der Waals surface area contributed by atoms with Crippen molar-refractivity contribution in [2.24, 2.45) is 0 Å². The van der Waals surface area contributed by atoms with Gasteiger partial charge in [0.05, 0.1) is 14.2 Å². The highest BCUT2D eigenvalue weighted by Crippen LogP contribution is 2.38. The molecular weight excluding hydrogens is 332 g/mol. The Balaban J connectivity index is 2.07. The predicted octanol–water partition coefficient (Wildman–Crippen LogP) is 4.77. The van der Waals surface area contributed by atoms with E-state index in [0.717, 1.165) is 22.9 Å². The van der Waals surface area contributed by atoms with E-state index in [1.54, 1.807) is 19.2 Å². The lowest BCUT2D eigenvalue weighted by atomic mass is 10.1. The lowest BCUT2D eigenvalue weighted by molar-refractivity contribution is -0.132. The summed E-state index contributed by atoms with van der Waals surface area (Å²) in [5.74, 6) is 1.76. The number of carbonyl (C=O) groups excluding carboxylic acids is 1. The van der Waals surface area contributed by atoms with Crippen molar-refractivity contribution in [1.82, 2.24) is 0 Å². The molecule has 0 saturated carbocycles. The fourth-order valence-electron chi connectivity index (χ4n) is 2.82. The van der Waals surface area contributed by atoms with Crippen molar-refractivity contribution in [2.45, 2.75) is 13.3 Å². The summed E-state index contributed by atoms with van der Waals surface area (Å²) in [6.07, 6.45) is 2.60. The highest BCUT2D eigenvalue weighted by atomic mass is 16.6. The molecule has 0 spiro atoms. The summed E-state index contributed by atoms with van der Waals surface area (Å²) in [6.45, 7) is 5.13. The Labute approximate surface area is 151 Å². The molecule has 0 aliphatic rings. The van der Waals surface area contributed by atoms with E-state index in [4.69, 9.17) is 18.6 Å². The number of rotatable bonds is 6. The summed E-state index contributed by atoms with van der Waals surface area (Å²) in [5, 5.41) is 0.944. The minimum atomic E-state index is -0.403. The van der Waals surface area contributed by atoms with E-state index in [9.17, 15) is 4.79 Å². The number of methoxy groups -OCH3 is 2. The number of benzene rings is 2. The summed E-state index contributed by atoms with van der Waals surface area (Å²) in [7, 11) is 3.14. The third kappa shape index (κ3) is 3.42. The zero-order valence-electron chi connectivity index (χ0n) is 15.0. The van der Waals surface area contributed by atoms with Gasteiger partial charge < -0.3 is 18.6 Å². The maximum absolute atomic E-state index is 11.2. The average Bonchev–Trinajstić information content (AvgIpc) is 3.05. The van der Waals surface area contributed by atoms with E-state index in [1.807, 2.05) is 24.3 Å². The van der Waals surface area contributed by atoms with Gasteiger partial charge in [-0.1, -0.05) is 6.08 Å². The van der Waals surface area contributed by atoms with Gasteiger partial charge in [0.25, 0.3) is 0 Å².